The van der Waals surface area contributed by atoms with Crippen LogP contribution in [0.4, 0.5) is 0 Å². The van der Waals surface area contributed by atoms with Crippen LogP contribution < -0.4 is 0 Å². The van der Waals surface area contributed by atoms with Crippen LogP contribution in [0.1, 0.15) is 13.3 Å². The van der Waals surface area contributed by atoms with Gasteiger partial charge in [-0.1, -0.05) is 13.0 Å². The fourth-order valence-electron chi connectivity index (χ4n) is 0.802. The smallest absolute Gasteiger partial charge is 0.334 e. The van der Waals surface area contributed by atoms with E-state index in [4.69, 9.17) is 22.1 Å². The SMILES string of the molecule is C=CCn1ccnc1.CCCS(=O)(=O)O.O=S(=O)(O)O. The Bertz CT molecular complexity index is 541. The van der Waals surface area contributed by atoms with Gasteiger partial charge in [0.15, 0.2) is 0 Å². The van der Waals surface area contributed by atoms with Crippen LogP contribution in [-0.4, -0.2) is 45.8 Å². The fourth-order valence-corrected chi connectivity index (χ4v) is 1.32. The van der Waals surface area contributed by atoms with E-state index in [-0.39, 0.29) is 5.75 Å². The second kappa shape index (κ2) is 10.5. The fraction of sp³-hybridized carbons (Fsp3) is 0.444. The molecule has 0 atom stereocenters. The number of hydrogen-bond acceptors (Lipinski definition) is 5. The van der Waals surface area contributed by atoms with Crippen molar-refractivity contribution in [2.75, 3.05) is 5.75 Å². The summed E-state index contributed by atoms with van der Waals surface area (Å²) in [6.07, 6.45) is 7.73. The average Bonchev–Trinajstić information content (AvgIpc) is 2.67. The number of rotatable bonds is 4. The molecule has 118 valence electrons. The van der Waals surface area contributed by atoms with Gasteiger partial charge in [-0.25, -0.2) is 4.98 Å². The molecule has 0 fully saturated rings. The highest BCUT2D eigenvalue weighted by Gasteiger charge is 1.98. The second-order valence-corrected chi connectivity index (χ2v) is 5.75. The first-order valence-electron chi connectivity index (χ1n) is 5.21. The molecule has 9 nitrogen and oxygen atoms in total. The van der Waals surface area contributed by atoms with Crippen molar-refractivity contribution in [2.45, 2.75) is 19.9 Å². The molecule has 0 aromatic carbocycles. The Morgan fingerprint density at radius 3 is 1.95 bits per heavy atom. The van der Waals surface area contributed by atoms with Crippen LogP contribution in [0.15, 0.2) is 31.4 Å². The molecule has 0 saturated carbocycles. The Labute approximate surface area is 118 Å². The zero-order chi connectivity index (χ0) is 16.2. The van der Waals surface area contributed by atoms with E-state index in [9.17, 15) is 8.42 Å². The molecule has 0 aliphatic heterocycles. The quantitative estimate of drug-likeness (QED) is 0.540. The molecular formula is C9H18N2O7S2. The minimum Gasteiger partial charge on any atom is -0.334 e. The predicted molar refractivity (Wildman–Crippen MR) is 73.3 cm³/mol. The maximum absolute atomic E-state index is 9.79. The van der Waals surface area contributed by atoms with Crippen LogP contribution in [0.3, 0.4) is 0 Å². The number of hydrogen-bond donors (Lipinski definition) is 3. The lowest BCUT2D eigenvalue weighted by Crippen LogP contribution is -2.01. The van der Waals surface area contributed by atoms with Crippen molar-refractivity contribution in [1.29, 1.82) is 0 Å². The van der Waals surface area contributed by atoms with Crippen LogP contribution in [0.2, 0.25) is 0 Å². The van der Waals surface area contributed by atoms with E-state index in [2.05, 4.69) is 11.6 Å². The highest BCUT2D eigenvalue weighted by molar-refractivity contribution is 7.85. The zero-order valence-electron chi connectivity index (χ0n) is 10.8. The van der Waals surface area contributed by atoms with Gasteiger partial charge in [-0.15, -0.1) is 6.58 Å². The van der Waals surface area contributed by atoms with Crippen LogP contribution in [0.25, 0.3) is 0 Å². The van der Waals surface area contributed by atoms with E-state index in [1.807, 2.05) is 16.8 Å². The van der Waals surface area contributed by atoms with Gasteiger partial charge in [0.05, 0.1) is 12.1 Å². The average molecular weight is 330 g/mol. The van der Waals surface area contributed by atoms with Crippen molar-refractivity contribution < 1.29 is 30.5 Å². The Kier molecular flexibility index (Phi) is 11.1. The van der Waals surface area contributed by atoms with E-state index in [0.29, 0.717) is 6.42 Å². The van der Waals surface area contributed by atoms with Crippen molar-refractivity contribution in [2.24, 2.45) is 0 Å². The number of nitrogens with zero attached hydrogens (tertiary/aromatic N) is 2. The van der Waals surface area contributed by atoms with Crippen molar-refractivity contribution in [3.05, 3.63) is 31.4 Å². The Morgan fingerprint density at radius 1 is 1.25 bits per heavy atom. The molecule has 0 aliphatic rings. The monoisotopic (exact) mass is 330 g/mol. The molecular weight excluding hydrogens is 312 g/mol. The van der Waals surface area contributed by atoms with Gasteiger partial charge in [0.25, 0.3) is 10.1 Å². The zero-order valence-corrected chi connectivity index (χ0v) is 12.5. The lowest BCUT2D eigenvalue weighted by Gasteiger charge is -1.89. The third-order valence-corrected chi connectivity index (χ3v) is 2.29. The first-order valence-corrected chi connectivity index (χ1v) is 8.22. The molecule has 0 spiro atoms. The molecule has 0 unspecified atom stereocenters. The molecule has 0 aliphatic carbocycles. The number of imidazole rings is 1. The summed E-state index contributed by atoms with van der Waals surface area (Å²) >= 11 is 0. The summed E-state index contributed by atoms with van der Waals surface area (Å²) in [7, 11) is -8.34. The van der Waals surface area contributed by atoms with E-state index in [0.717, 1.165) is 6.54 Å². The number of allylic oxidation sites excluding steroid dienone is 1. The molecule has 20 heavy (non-hydrogen) atoms. The van der Waals surface area contributed by atoms with E-state index >= 15 is 0 Å². The highest BCUT2D eigenvalue weighted by Crippen LogP contribution is 1.84. The Hall–Kier alpha value is -1.27. The Balaban J connectivity index is 0. The Morgan fingerprint density at radius 2 is 1.75 bits per heavy atom. The van der Waals surface area contributed by atoms with Gasteiger partial charge in [0, 0.05) is 18.9 Å². The van der Waals surface area contributed by atoms with Gasteiger partial charge in [0.1, 0.15) is 0 Å². The van der Waals surface area contributed by atoms with Crippen molar-refractivity contribution in [3.63, 3.8) is 0 Å². The molecule has 0 amide bonds. The topological polar surface area (TPSA) is 147 Å². The largest absolute Gasteiger partial charge is 0.394 e. The van der Waals surface area contributed by atoms with E-state index < -0.39 is 20.5 Å². The maximum atomic E-state index is 9.79. The molecule has 1 aromatic rings. The van der Waals surface area contributed by atoms with Crippen molar-refractivity contribution in [3.8, 4) is 0 Å². The summed E-state index contributed by atoms with van der Waals surface area (Å²) < 4.78 is 61.1. The molecule has 11 heteroatoms. The van der Waals surface area contributed by atoms with E-state index in [1.54, 1.807) is 19.4 Å². The number of aromatic nitrogens is 2. The summed E-state index contributed by atoms with van der Waals surface area (Å²) in [5, 5.41) is 0. The van der Waals surface area contributed by atoms with Crippen LogP contribution in [0.5, 0.6) is 0 Å². The third kappa shape index (κ3) is 25.5. The molecule has 1 aromatic heterocycles. The lowest BCUT2D eigenvalue weighted by molar-refractivity contribution is 0.381. The van der Waals surface area contributed by atoms with Crippen LogP contribution in [-0.2, 0) is 27.1 Å². The molecule has 0 bridgehead atoms. The first kappa shape index (κ1) is 21.0. The summed E-state index contributed by atoms with van der Waals surface area (Å²) in [6.45, 7) is 6.12. The second-order valence-electron chi connectivity index (χ2n) is 3.28. The standard InChI is InChI=1S/C6H8N2.C3H8O3S.H2O4S/c1-2-4-8-5-3-7-6-8;1-2-3-7(4,5)6;1-5(2,3)4/h2-3,5-6H,1,4H2;2-3H2,1H3,(H,4,5,6);(H2,1,2,3,4). The van der Waals surface area contributed by atoms with Gasteiger partial charge in [-0.2, -0.15) is 16.8 Å². The molecule has 0 saturated heterocycles. The highest BCUT2D eigenvalue weighted by atomic mass is 32.3. The van der Waals surface area contributed by atoms with Crippen molar-refractivity contribution >= 4 is 20.5 Å². The summed E-state index contributed by atoms with van der Waals surface area (Å²) in [5.74, 6) is -0.132. The minimum atomic E-state index is -4.67. The first-order chi connectivity index (χ1) is 8.99. The summed E-state index contributed by atoms with van der Waals surface area (Å²) in [5.41, 5.74) is 0. The third-order valence-electron chi connectivity index (χ3n) is 1.36. The van der Waals surface area contributed by atoms with Crippen molar-refractivity contribution in [1.82, 2.24) is 9.55 Å². The predicted octanol–water partition coefficient (Wildman–Crippen LogP) is 0.701. The molecule has 1 heterocycles. The van der Waals surface area contributed by atoms with E-state index in [1.165, 1.54) is 0 Å². The minimum absolute atomic E-state index is 0.132. The van der Waals surface area contributed by atoms with Crippen LogP contribution in [0, 0.1) is 0 Å². The van der Waals surface area contributed by atoms with Crippen LogP contribution >= 0.6 is 0 Å². The molecule has 1 rings (SSSR count). The molecule has 0 radical (unpaired) electrons. The normalized spacial score (nSPS) is 10.6. The lowest BCUT2D eigenvalue weighted by atomic mass is 10.6. The van der Waals surface area contributed by atoms with Gasteiger partial charge in [-0.05, 0) is 6.42 Å². The van der Waals surface area contributed by atoms with Gasteiger partial charge < -0.3 is 4.57 Å². The van der Waals surface area contributed by atoms with Gasteiger partial charge >= 0.3 is 10.4 Å². The summed E-state index contributed by atoms with van der Waals surface area (Å²) in [6, 6.07) is 0. The molecule has 3 N–H and O–H groups in total. The van der Waals surface area contributed by atoms with Gasteiger partial charge in [0.2, 0.25) is 0 Å². The maximum Gasteiger partial charge on any atom is 0.394 e. The van der Waals surface area contributed by atoms with Gasteiger partial charge in [-0.3, -0.25) is 13.7 Å². The summed E-state index contributed by atoms with van der Waals surface area (Å²) in [4.78, 5) is 3.86.